The van der Waals surface area contributed by atoms with E-state index in [9.17, 15) is 22.8 Å². The van der Waals surface area contributed by atoms with E-state index in [2.05, 4.69) is 4.74 Å². The largest absolute Gasteiger partial charge is 0.465 e. The van der Waals surface area contributed by atoms with Crippen LogP contribution in [0.5, 0.6) is 0 Å². The van der Waals surface area contributed by atoms with Gasteiger partial charge in [-0.05, 0) is 12.3 Å². The lowest BCUT2D eigenvalue weighted by Gasteiger charge is -2.21. The second kappa shape index (κ2) is 9.30. The third kappa shape index (κ3) is 7.48. The molecule has 0 aromatic heterocycles. The number of ether oxygens (including phenoxy) is 2. The molecule has 0 N–H and O–H groups in total. The second-order valence-electron chi connectivity index (χ2n) is 5.75. The first-order valence-corrected chi connectivity index (χ1v) is 7.67. The van der Waals surface area contributed by atoms with E-state index in [1.807, 2.05) is 13.8 Å². The van der Waals surface area contributed by atoms with Crippen LogP contribution in [0.4, 0.5) is 13.2 Å². The minimum absolute atomic E-state index is 0.0379. The third-order valence-corrected chi connectivity index (χ3v) is 2.99. The molecule has 0 radical (unpaired) electrons. The zero-order chi connectivity index (χ0) is 18.2. The van der Waals surface area contributed by atoms with Crippen LogP contribution in [-0.4, -0.2) is 24.7 Å². The van der Waals surface area contributed by atoms with E-state index in [1.165, 1.54) is 24.3 Å². The molecule has 1 unspecified atom stereocenters. The fraction of sp³-hybridized carbons (Fsp3) is 0.529. The Bertz CT molecular complexity index is 526. The van der Waals surface area contributed by atoms with Crippen LogP contribution in [0.2, 0.25) is 0 Å². The van der Waals surface area contributed by atoms with Gasteiger partial charge in [-0.15, -0.1) is 0 Å². The number of alkyl halides is 3. The van der Waals surface area contributed by atoms with Crippen molar-refractivity contribution in [3.8, 4) is 0 Å². The molecule has 0 bridgehead atoms. The Balaban J connectivity index is 2.48. The van der Waals surface area contributed by atoms with E-state index in [-0.39, 0.29) is 37.4 Å². The normalized spacial score (nSPS) is 12.8. The number of hydrogen-bond donors (Lipinski definition) is 0. The Morgan fingerprint density at radius 1 is 1.04 bits per heavy atom. The Kier molecular flexibility index (Phi) is 7.74. The van der Waals surface area contributed by atoms with Crippen LogP contribution in [0.15, 0.2) is 30.3 Å². The van der Waals surface area contributed by atoms with Crippen molar-refractivity contribution in [2.24, 2.45) is 5.92 Å². The van der Waals surface area contributed by atoms with Gasteiger partial charge in [0, 0.05) is 18.4 Å². The summed E-state index contributed by atoms with van der Waals surface area (Å²) in [6.45, 7) is 4.03. The van der Waals surface area contributed by atoms with Gasteiger partial charge in [0.15, 0.2) is 0 Å². The van der Waals surface area contributed by atoms with E-state index in [0.29, 0.717) is 0 Å². The summed E-state index contributed by atoms with van der Waals surface area (Å²) in [5, 5.41) is 0. The van der Waals surface area contributed by atoms with E-state index in [1.54, 1.807) is 6.07 Å². The van der Waals surface area contributed by atoms with Crippen LogP contribution in [0.3, 0.4) is 0 Å². The zero-order valence-corrected chi connectivity index (χ0v) is 13.6. The number of carbonyl (C=O) groups is 2. The minimum atomic E-state index is -4.70. The van der Waals surface area contributed by atoms with Gasteiger partial charge in [0.25, 0.3) is 0 Å². The highest BCUT2D eigenvalue weighted by Crippen LogP contribution is 2.36. The molecule has 4 nitrogen and oxygen atoms in total. The molecule has 1 rings (SSSR count). The van der Waals surface area contributed by atoms with Gasteiger partial charge < -0.3 is 9.47 Å². The smallest absolute Gasteiger partial charge is 0.429 e. The lowest BCUT2D eigenvalue weighted by Crippen LogP contribution is -2.26. The fourth-order valence-electron chi connectivity index (χ4n) is 1.85. The molecule has 134 valence electrons. The van der Waals surface area contributed by atoms with Gasteiger partial charge in [0.1, 0.15) is 0 Å². The fourth-order valence-corrected chi connectivity index (χ4v) is 1.85. The molecule has 1 atom stereocenters. The first kappa shape index (κ1) is 20.0. The van der Waals surface area contributed by atoms with Gasteiger partial charge >= 0.3 is 18.1 Å². The summed E-state index contributed by atoms with van der Waals surface area (Å²) in [5.74, 6) is -1.29. The van der Waals surface area contributed by atoms with Crippen molar-refractivity contribution < 1.29 is 32.2 Å². The van der Waals surface area contributed by atoms with Crippen LogP contribution in [0.1, 0.15) is 44.8 Å². The Labute approximate surface area is 138 Å². The van der Waals surface area contributed by atoms with Gasteiger partial charge in [-0.3, -0.25) is 9.59 Å². The maximum absolute atomic E-state index is 13.0. The first-order chi connectivity index (χ1) is 11.2. The number of carbonyl (C=O) groups excluding carboxylic acids is 2. The standard InChI is InChI=1S/C17H21F3O4/c1-12(2)11-23-14(21)9-6-10-15(22)24-16(17(18,19)20)13-7-4-3-5-8-13/h3-5,7-8,12,16H,6,9-11H2,1-2H3. The van der Waals surface area contributed by atoms with Gasteiger partial charge in [-0.1, -0.05) is 44.2 Å². The zero-order valence-electron chi connectivity index (χ0n) is 13.6. The van der Waals surface area contributed by atoms with Crippen molar-refractivity contribution in [1.29, 1.82) is 0 Å². The van der Waals surface area contributed by atoms with Crippen LogP contribution in [0.25, 0.3) is 0 Å². The lowest BCUT2D eigenvalue weighted by molar-refractivity contribution is -0.224. The Hall–Kier alpha value is -2.05. The van der Waals surface area contributed by atoms with Gasteiger partial charge in [0.05, 0.1) is 6.61 Å². The minimum Gasteiger partial charge on any atom is -0.465 e. The number of hydrogen-bond acceptors (Lipinski definition) is 4. The SMILES string of the molecule is CC(C)COC(=O)CCCC(=O)OC(c1ccccc1)C(F)(F)F. The Morgan fingerprint density at radius 3 is 2.17 bits per heavy atom. The Morgan fingerprint density at radius 2 is 1.62 bits per heavy atom. The van der Waals surface area contributed by atoms with Crippen molar-refractivity contribution >= 4 is 11.9 Å². The molecule has 1 aromatic carbocycles. The van der Waals surface area contributed by atoms with Crippen molar-refractivity contribution in [3.63, 3.8) is 0 Å². The van der Waals surface area contributed by atoms with Crippen LogP contribution < -0.4 is 0 Å². The molecule has 0 saturated heterocycles. The van der Waals surface area contributed by atoms with Crippen LogP contribution in [-0.2, 0) is 19.1 Å². The highest BCUT2D eigenvalue weighted by molar-refractivity contribution is 5.72. The van der Waals surface area contributed by atoms with Gasteiger partial charge in [0.2, 0.25) is 6.10 Å². The number of rotatable bonds is 8. The molecular formula is C17H21F3O4. The molecule has 7 heteroatoms. The molecule has 24 heavy (non-hydrogen) atoms. The quantitative estimate of drug-likeness (QED) is 0.662. The molecule has 0 aliphatic carbocycles. The average molecular weight is 346 g/mol. The van der Waals surface area contributed by atoms with Gasteiger partial charge in [-0.25, -0.2) is 0 Å². The summed E-state index contributed by atoms with van der Waals surface area (Å²) >= 11 is 0. The number of benzene rings is 1. The highest BCUT2D eigenvalue weighted by atomic mass is 19.4. The number of halogens is 3. The lowest BCUT2D eigenvalue weighted by atomic mass is 10.1. The van der Waals surface area contributed by atoms with Crippen molar-refractivity contribution in [1.82, 2.24) is 0 Å². The van der Waals surface area contributed by atoms with E-state index in [4.69, 9.17) is 4.74 Å². The monoisotopic (exact) mass is 346 g/mol. The second-order valence-corrected chi connectivity index (χ2v) is 5.75. The molecule has 1 aromatic rings. The van der Waals surface area contributed by atoms with E-state index >= 15 is 0 Å². The average Bonchev–Trinajstić information content (AvgIpc) is 2.50. The summed E-state index contributed by atoms with van der Waals surface area (Å²) in [5.41, 5.74) is -0.144. The van der Waals surface area contributed by atoms with E-state index < -0.39 is 24.2 Å². The van der Waals surface area contributed by atoms with E-state index in [0.717, 1.165) is 0 Å². The molecule has 0 aliphatic heterocycles. The molecule has 0 saturated carbocycles. The molecule has 0 spiro atoms. The first-order valence-electron chi connectivity index (χ1n) is 7.67. The molecule has 0 heterocycles. The summed E-state index contributed by atoms with van der Waals surface area (Å²) in [6.07, 6.45) is -7.25. The maximum atomic E-state index is 13.0. The summed E-state index contributed by atoms with van der Waals surface area (Å²) in [4.78, 5) is 23.0. The molecule has 0 fully saturated rings. The maximum Gasteiger partial charge on any atom is 0.429 e. The summed E-state index contributed by atoms with van der Waals surface area (Å²) in [7, 11) is 0. The van der Waals surface area contributed by atoms with Crippen LogP contribution >= 0.6 is 0 Å². The predicted octanol–water partition coefficient (Wildman–Crippen LogP) is 4.20. The molecular weight excluding hydrogens is 325 g/mol. The van der Waals surface area contributed by atoms with Crippen molar-refractivity contribution in [3.05, 3.63) is 35.9 Å². The summed E-state index contributed by atoms with van der Waals surface area (Å²) in [6, 6.07) is 6.93. The van der Waals surface area contributed by atoms with Crippen LogP contribution in [0, 0.1) is 5.92 Å². The topological polar surface area (TPSA) is 52.6 Å². The predicted molar refractivity (Wildman–Crippen MR) is 81.0 cm³/mol. The van der Waals surface area contributed by atoms with Crippen molar-refractivity contribution in [2.45, 2.75) is 45.4 Å². The number of esters is 2. The summed E-state index contributed by atoms with van der Waals surface area (Å²) < 4.78 is 48.6. The van der Waals surface area contributed by atoms with Gasteiger partial charge in [-0.2, -0.15) is 13.2 Å². The van der Waals surface area contributed by atoms with Crippen molar-refractivity contribution in [2.75, 3.05) is 6.61 Å². The third-order valence-electron chi connectivity index (χ3n) is 2.99. The highest BCUT2D eigenvalue weighted by Gasteiger charge is 2.43. The molecule has 0 amide bonds. The molecule has 0 aliphatic rings.